The predicted molar refractivity (Wildman–Crippen MR) is 102 cm³/mol. The maximum atomic E-state index is 12.5. The van der Waals surface area contributed by atoms with Crippen molar-refractivity contribution in [2.45, 2.75) is 51.4 Å². The molecule has 0 amide bonds. The van der Waals surface area contributed by atoms with Crippen molar-refractivity contribution >= 4 is 12.4 Å². The van der Waals surface area contributed by atoms with Gasteiger partial charge in [-0.3, -0.25) is 0 Å². The first kappa shape index (κ1) is 19.4. The van der Waals surface area contributed by atoms with Crippen molar-refractivity contribution in [1.29, 1.82) is 0 Å². The summed E-state index contributed by atoms with van der Waals surface area (Å²) in [5, 5.41) is 0.847. The standard InChI is InChI=1S/C21H27OP/c1-3-4-5-6-7-8-9-10-11-12-13-17-20-23(2,22)21-18-15-14-16-19-21/h1,8-9,14-16,18-19H,4-7,10-13H2,2H3/b9-8-. The van der Waals surface area contributed by atoms with Gasteiger partial charge in [-0.05, 0) is 44.2 Å². The van der Waals surface area contributed by atoms with Gasteiger partial charge in [0.2, 0.25) is 0 Å². The molecule has 1 nitrogen and oxygen atoms in total. The topological polar surface area (TPSA) is 17.1 Å². The number of unbranched alkanes of at least 4 members (excludes halogenated alkanes) is 6. The van der Waals surface area contributed by atoms with Crippen LogP contribution in [0.3, 0.4) is 0 Å². The van der Waals surface area contributed by atoms with E-state index in [9.17, 15) is 4.57 Å². The molecule has 1 unspecified atom stereocenters. The third-order valence-electron chi connectivity index (χ3n) is 3.57. The highest BCUT2D eigenvalue weighted by Gasteiger charge is 2.13. The number of rotatable bonds is 9. The summed E-state index contributed by atoms with van der Waals surface area (Å²) in [6.45, 7) is 1.75. The molecule has 0 aromatic heterocycles. The van der Waals surface area contributed by atoms with Gasteiger partial charge in [-0.1, -0.05) is 48.4 Å². The van der Waals surface area contributed by atoms with Crippen molar-refractivity contribution in [2.75, 3.05) is 6.66 Å². The normalized spacial score (nSPS) is 13.0. The first-order valence-electron chi connectivity index (χ1n) is 8.38. The number of terminal acetylenes is 1. The number of hydrogen-bond acceptors (Lipinski definition) is 1. The summed E-state index contributed by atoms with van der Waals surface area (Å²) in [7, 11) is -2.51. The van der Waals surface area contributed by atoms with E-state index < -0.39 is 7.14 Å². The van der Waals surface area contributed by atoms with Crippen molar-refractivity contribution in [2.24, 2.45) is 0 Å². The van der Waals surface area contributed by atoms with Crippen molar-refractivity contribution < 1.29 is 4.57 Å². The van der Waals surface area contributed by atoms with Crippen LogP contribution < -0.4 is 5.30 Å². The second kappa shape index (κ2) is 11.8. The zero-order chi connectivity index (χ0) is 16.8. The zero-order valence-corrected chi connectivity index (χ0v) is 15.0. The van der Waals surface area contributed by atoms with E-state index >= 15 is 0 Å². The molecule has 0 saturated carbocycles. The number of hydrogen-bond donors (Lipinski definition) is 0. The van der Waals surface area contributed by atoms with Crippen LogP contribution in [0.2, 0.25) is 0 Å². The average Bonchev–Trinajstić information content (AvgIpc) is 2.56. The molecular weight excluding hydrogens is 299 g/mol. The van der Waals surface area contributed by atoms with Gasteiger partial charge in [-0.15, -0.1) is 12.3 Å². The van der Waals surface area contributed by atoms with Crippen LogP contribution in [0.25, 0.3) is 0 Å². The lowest BCUT2D eigenvalue weighted by Crippen LogP contribution is -2.00. The van der Waals surface area contributed by atoms with Crippen molar-refractivity contribution in [3.63, 3.8) is 0 Å². The molecule has 2 heteroatoms. The summed E-state index contributed by atoms with van der Waals surface area (Å²) >= 11 is 0. The molecule has 0 aliphatic heterocycles. The van der Waals surface area contributed by atoms with E-state index in [1.165, 1.54) is 6.42 Å². The van der Waals surface area contributed by atoms with Crippen LogP contribution in [-0.4, -0.2) is 6.66 Å². The summed E-state index contributed by atoms with van der Waals surface area (Å²) in [4.78, 5) is 0. The van der Waals surface area contributed by atoms with Gasteiger partial charge in [0.25, 0.3) is 0 Å². The second-order valence-corrected chi connectivity index (χ2v) is 8.30. The first-order valence-corrected chi connectivity index (χ1v) is 10.5. The second-order valence-electron chi connectivity index (χ2n) is 5.72. The SMILES string of the molecule is C#CCCCC/C=C\CCCCC#CP(C)(=O)c1ccccc1. The van der Waals surface area contributed by atoms with Crippen LogP contribution >= 0.6 is 7.14 Å². The largest absolute Gasteiger partial charge is 0.305 e. The molecule has 0 saturated heterocycles. The number of benzene rings is 1. The Morgan fingerprint density at radius 1 is 1.00 bits per heavy atom. The fraction of sp³-hybridized carbons (Fsp3) is 0.429. The maximum absolute atomic E-state index is 12.5. The Morgan fingerprint density at radius 3 is 2.22 bits per heavy atom. The van der Waals surface area contributed by atoms with Gasteiger partial charge in [-0.2, -0.15) is 0 Å². The Bertz CT molecular complexity index is 611. The molecule has 0 heterocycles. The Kier molecular flexibility index (Phi) is 9.95. The van der Waals surface area contributed by atoms with Crippen LogP contribution in [0.15, 0.2) is 42.5 Å². The zero-order valence-electron chi connectivity index (χ0n) is 14.1. The quantitative estimate of drug-likeness (QED) is 0.251. The first-order chi connectivity index (χ1) is 11.2. The van der Waals surface area contributed by atoms with Gasteiger partial charge in [-0.25, -0.2) is 0 Å². The molecule has 0 bridgehead atoms. The van der Waals surface area contributed by atoms with Crippen molar-refractivity contribution in [1.82, 2.24) is 0 Å². The molecule has 0 fully saturated rings. The summed E-state index contributed by atoms with van der Waals surface area (Å²) < 4.78 is 12.5. The summed E-state index contributed by atoms with van der Waals surface area (Å²) in [5.41, 5.74) is 2.98. The molecule has 0 spiro atoms. The lowest BCUT2D eigenvalue weighted by atomic mass is 10.1. The molecule has 1 aromatic rings. The highest BCUT2D eigenvalue weighted by atomic mass is 31.2. The highest BCUT2D eigenvalue weighted by Crippen LogP contribution is 2.37. The monoisotopic (exact) mass is 326 g/mol. The smallest absolute Gasteiger partial charge is 0.179 e. The molecule has 122 valence electrons. The summed E-state index contributed by atoms with van der Waals surface area (Å²) in [6.07, 6.45) is 18.1. The fourth-order valence-electron chi connectivity index (χ4n) is 2.18. The van der Waals surface area contributed by atoms with Crippen molar-refractivity contribution in [3.05, 3.63) is 42.5 Å². The van der Waals surface area contributed by atoms with E-state index in [-0.39, 0.29) is 0 Å². The highest BCUT2D eigenvalue weighted by molar-refractivity contribution is 7.75. The molecule has 1 atom stereocenters. The fourth-order valence-corrected chi connectivity index (χ4v) is 3.47. The Labute approximate surface area is 142 Å². The average molecular weight is 326 g/mol. The molecule has 0 aliphatic carbocycles. The third-order valence-corrected chi connectivity index (χ3v) is 5.44. The van der Waals surface area contributed by atoms with Crippen LogP contribution in [0.4, 0.5) is 0 Å². The molecule has 23 heavy (non-hydrogen) atoms. The van der Waals surface area contributed by atoms with Gasteiger partial charge in [0, 0.05) is 24.8 Å². The Balaban J connectivity index is 2.15. The van der Waals surface area contributed by atoms with Gasteiger partial charge in [0.05, 0.1) is 0 Å². The molecule has 0 radical (unpaired) electrons. The van der Waals surface area contributed by atoms with E-state index in [1.807, 2.05) is 30.3 Å². The van der Waals surface area contributed by atoms with Gasteiger partial charge in [0.1, 0.15) is 0 Å². The number of allylic oxidation sites excluding steroid dienone is 2. The van der Waals surface area contributed by atoms with E-state index in [1.54, 1.807) is 6.66 Å². The molecule has 1 aromatic carbocycles. The minimum Gasteiger partial charge on any atom is -0.305 e. The van der Waals surface area contributed by atoms with Crippen LogP contribution in [-0.2, 0) is 4.57 Å². The van der Waals surface area contributed by atoms with Gasteiger partial charge in [0.15, 0.2) is 7.14 Å². The van der Waals surface area contributed by atoms with Gasteiger partial charge >= 0.3 is 0 Å². The lowest BCUT2D eigenvalue weighted by molar-refractivity contribution is 0.591. The minimum atomic E-state index is -2.51. The van der Waals surface area contributed by atoms with Crippen LogP contribution in [0.5, 0.6) is 0 Å². The summed E-state index contributed by atoms with van der Waals surface area (Å²) in [5.74, 6) is 5.76. The Morgan fingerprint density at radius 2 is 1.61 bits per heavy atom. The lowest BCUT2D eigenvalue weighted by Gasteiger charge is -2.04. The molecule has 1 rings (SSSR count). The van der Waals surface area contributed by atoms with E-state index in [0.717, 1.165) is 50.3 Å². The molecular formula is C21H27OP. The van der Waals surface area contributed by atoms with E-state index in [4.69, 9.17) is 6.42 Å². The third kappa shape index (κ3) is 9.13. The van der Waals surface area contributed by atoms with Crippen LogP contribution in [0, 0.1) is 23.9 Å². The van der Waals surface area contributed by atoms with E-state index in [2.05, 4.69) is 29.7 Å². The molecule has 0 N–H and O–H groups in total. The summed E-state index contributed by atoms with van der Waals surface area (Å²) in [6, 6.07) is 9.53. The maximum Gasteiger partial charge on any atom is 0.179 e. The Hall–Kier alpha value is -1.69. The van der Waals surface area contributed by atoms with Crippen molar-refractivity contribution in [3.8, 4) is 23.9 Å². The van der Waals surface area contributed by atoms with Crippen LogP contribution in [0.1, 0.15) is 51.4 Å². The predicted octanol–water partition coefficient (Wildman–Crippen LogP) is 5.58. The van der Waals surface area contributed by atoms with E-state index in [0.29, 0.717) is 0 Å². The molecule has 0 aliphatic rings. The minimum absolute atomic E-state index is 0.820. The van der Waals surface area contributed by atoms with Gasteiger partial charge < -0.3 is 4.57 Å².